The number of ether oxygens (including phenoxy) is 1. The van der Waals surface area contributed by atoms with Crippen LogP contribution in [-0.2, 0) is 6.54 Å². The Morgan fingerprint density at radius 1 is 1.22 bits per heavy atom. The molecule has 1 aromatic heterocycles. The highest BCUT2D eigenvalue weighted by atomic mass is 35.5. The molecule has 94 valence electrons. The third-order valence-electron chi connectivity index (χ3n) is 2.31. The Hall–Kier alpha value is -2.01. The average Bonchev–Trinajstić information content (AvgIpc) is 2.37. The van der Waals surface area contributed by atoms with E-state index in [1.807, 2.05) is 30.3 Å². The molecular weight excluding hydrogens is 256 g/mol. The van der Waals surface area contributed by atoms with E-state index in [0.29, 0.717) is 13.2 Å². The molecule has 0 atom stereocenters. The quantitative estimate of drug-likeness (QED) is 0.906. The third kappa shape index (κ3) is 3.01. The van der Waals surface area contributed by atoms with E-state index < -0.39 is 11.2 Å². The first-order valence-corrected chi connectivity index (χ1v) is 5.72. The first kappa shape index (κ1) is 12.4. The molecule has 0 aliphatic rings. The van der Waals surface area contributed by atoms with Crippen LogP contribution in [0, 0.1) is 0 Å². The molecule has 0 unspecified atom stereocenters. The second-order valence-electron chi connectivity index (χ2n) is 3.59. The fraction of sp³-hybridized carbons (Fsp3) is 0.167. The Morgan fingerprint density at radius 2 is 1.94 bits per heavy atom. The molecule has 2 aromatic rings. The van der Waals surface area contributed by atoms with E-state index >= 15 is 0 Å². The van der Waals surface area contributed by atoms with Gasteiger partial charge in [-0.15, -0.1) is 0 Å². The third-order valence-corrected chi connectivity index (χ3v) is 2.58. The number of para-hydroxylation sites is 1. The lowest BCUT2D eigenvalue weighted by atomic mass is 10.3. The predicted octanol–water partition coefficient (Wildman–Crippen LogP) is 1.27. The van der Waals surface area contributed by atoms with Gasteiger partial charge in [0, 0.05) is 6.20 Å². The van der Waals surface area contributed by atoms with Gasteiger partial charge in [0.15, 0.2) is 0 Å². The Bertz CT molecular complexity index is 634. The molecule has 18 heavy (non-hydrogen) atoms. The number of aromatic nitrogens is 2. The van der Waals surface area contributed by atoms with Crippen molar-refractivity contribution in [2.24, 2.45) is 0 Å². The zero-order valence-electron chi connectivity index (χ0n) is 9.43. The number of aromatic amines is 1. The topological polar surface area (TPSA) is 64.1 Å². The molecule has 0 aliphatic heterocycles. The minimum absolute atomic E-state index is 0.0192. The summed E-state index contributed by atoms with van der Waals surface area (Å²) in [6.45, 7) is 0.622. The van der Waals surface area contributed by atoms with E-state index in [-0.39, 0.29) is 5.02 Å². The Balaban J connectivity index is 2.01. The van der Waals surface area contributed by atoms with Crippen molar-refractivity contribution in [1.29, 1.82) is 0 Å². The summed E-state index contributed by atoms with van der Waals surface area (Å²) < 4.78 is 6.74. The van der Waals surface area contributed by atoms with Gasteiger partial charge in [0.2, 0.25) is 0 Å². The van der Waals surface area contributed by atoms with Gasteiger partial charge in [0.05, 0.1) is 6.54 Å². The van der Waals surface area contributed by atoms with Gasteiger partial charge in [-0.05, 0) is 12.1 Å². The highest BCUT2D eigenvalue weighted by molar-refractivity contribution is 6.30. The highest BCUT2D eigenvalue weighted by Gasteiger charge is 2.02. The normalized spacial score (nSPS) is 10.3. The number of benzene rings is 1. The number of halogens is 1. The van der Waals surface area contributed by atoms with Crippen molar-refractivity contribution in [2.75, 3.05) is 6.61 Å². The lowest BCUT2D eigenvalue weighted by Gasteiger charge is -2.07. The summed E-state index contributed by atoms with van der Waals surface area (Å²) in [4.78, 5) is 24.6. The molecule has 0 bridgehead atoms. The predicted molar refractivity (Wildman–Crippen MR) is 68.3 cm³/mol. The Kier molecular flexibility index (Phi) is 3.84. The number of H-pyrrole nitrogens is 1. The van der Waals surface area contributed by atoms with Crippen molar-refractivity contribution in [3.05, 3.63) is 62.4 Å². The van der Waals surface area contributed by atoms with Gasteiger partial charge in [-0.25, -0.2) is 4.79 Å². The van der Waals surface area contributed by atoms with Gasteiger partial charge < -0.3 is 4.74 Å². The SMILES string of the molecule is O=c1[nH]c(=O)n(CCOc2ccccc2)cc1Cl. The monoisotopic (exact) mass is 266 g/mol. The molecule has 0 saturated heterocycles. The number of nitrogens with one attached hydrogen (secondary N) is 1. The molecule has 2 rings (SSSR count). The van der Waals surface area contributed by atoms with E-state index in [4.69, 9.17) is 16.3 Å². The first-order chi connectivity index (χ1) is 8.66. The van der Waals surface area contributed by atoms with Crippen molar-refractivity contribution < 1.29 is 4.74 Å². The van der Waals surface area contributed by atoms with Crippen LogP contribution in [0.3, 0.4) is 0 Å². The summed E-state index contributed by atoms with van der Waals surface area (Å²) in [5.41, 5.74) is -1.08. The lowest BCUT2D eigenvalue weighted by Crippen LogP contribution is -2.31. The molecule has 1 heterocycles. The summed E-state index contributed by atoms with van der Waals surface area (Å²) in [7, 11) is 0. The zero-order valence-corrected chi connectivity index (χ0v) is 10.2. The number of hydrogen-bond donors (Lipinski definition) is 1. The van der Waals surface area contributed by atoms with Crippen molar-refractivity contribution >= 4 is 11.6 Å². The van der Waals surface area contributed by atoms with Crippen LogP contribution in [0.4, 0.5) is 0 Å². The Labute approximate surface area is 108 Å². The van der Waals surface area contributed by atoms with Crippen LogP contribution in [0.1, 0.15) is 0 Å². The smallest absolute Gasteiger partial charge is 0.328 e. The summed E-state index contributed by atoms with van der Waals surface area (Å²) in [5.74, 6) is 0.723. The van der Waals surface area contributed by atoms with Gasteiger partial charge in [0.1, 0.15) is 17.4 Å². The van der Waals surface area contributed by atoms with Crippen LogP contribution in [0.5, 0.6) is 5.75 Å². The van der Waals surface area contributed by atoms with Crippen molar-refractivity contribution in [2.45, 2.75) is 6.54 Å². The van der Waals surface area contributed by atoms with Crippen LogP contribution in [0.2, 0.25) is 5.02 Å². The largest absolute Gasteiger partial charge is 0.492 e. The molecule has 5 nitrogen and oxygen atoms in total. The molecule has 1 N–H and O–H groups in total. The molecule has 0 spiro atoms. The molecule has 0 amide bonds. The number of rotatable bonds is 4. The lowest BCUT2D eigenvalue weighted by molar-refractivity contribution is 0.295. The summed E-state index contributed by atoms with van der Waals surface area (Å²) >= 11 is 5.64. The van der Waals surface area contributed by atoms with Crippen LogP contribution in [0.25, 0.3) is 0 Å². The molecular formula is C12H11ClN2O3. The van der Waals surface area contributed by atoms with E-state index in [1.165, 1.54) is 10.8 Å². The first-order valence-electron chi connectivity index (χ1n) is 5.34. The molecule has 0 saturated carbocycles. The van der Waals surface area contributed by atoms with Crippen LogP contribution < -0.4 is 16.0 Å². The van der Waals surface area contributed by atoms with E-state index in [2.05, 4.69) is 4.98 Å². The fourth-order valence-electron chi connectivity index (χ4n) is 1.43. The standard InChI is InChI=1S/C12H11ClN2O3/c13-10-8-15(12(17)14-11(10)16)6-7-18-9-4-2-1-3-5-9/h1-5,8H,6-7H2,(H,14,16,17). The molecule has 0 aliphatic carbocycles. The number of nitrogens with zero attached hydrogens (tertiary/aromatic N) is 1. The molecule has 0 fully saturated rings. The van der Waals surface area contributed by atoms with Gasteiger partial charge in [-0.3, -0.25) is 14.3 Å². The van der Waals surface area contributed by atoms with E-state index in [0.717, 1.165) is 5.75 Å². The molecule has 1 aromatic carbocycles. The van der Waals surface area contributed by atoms with Crippen LogP contribution in [-0.4, -0.2) is 16.2 Å². The van der Waals surface area contributed by atoms with Crippen LogP contribution >= 0.6 is 11.6 Å². The van der Waals surface area contributed by atoms with Gasteiger partial charge in [0.25, 0.3) is 5.56 Å². The summed E-state index contributed by atoms with van der Waals surface area (Å²) in [6.07, 6.45) is 1.30. The Morgan fingerprint density at radius 3 is 2.67 bits per heavy atom. The zero-order chi connectivity index (χ0) is 13.0. The van der Waals surface area contributed by atoms with Gasteiger partial charge >= 0.3 is 5.69 Å². The van der Waals surface area contributed by atoms with Crippen molar-refractivity contribution in [3.8, 4) is 5.75 Å². The van der Waals surface area contributed by atoms with Gasteiger partial charge in [-0.1, -0.05) is 29.8 Å². The minimum Gasteiger partial charge on any atom is -0.492 e. The van der Waals surface area contributed by atoms with E-state index in [9.17, 15) is 9.59 Å². The van der Waals surface area contributed by atoms with E-state index in [1.54, 1.807) is 0 Å². The maximum absolute atomic E-state index is 11.4. The van der Waals surface area contributed by atoms with Crippen LogP contribution in [0.15, 0.2) is 46.1 Å². The van der Waals surface area contributed by atoms with Crippen molar-refractivity contribution in [1.82, 2.24) is 9.55 Å². The highest BCUT2D eigenvalue weighted by Crippen LogP contribution is 2.07. The fourth-order valence-corrected chi connectivity index (χ4v) is 1.59. The maximum Gasteiger partial charge on any atom is 0.328 e. The second kappa shape index (κ2) is 5.55. The maximum atomic E-state index is 11.4. The summed E-state index contributed by atoms with van der Waals surface area (Å²) in [5, 5.41) is -0.0192. The molecule has 6 heteroatoms. The molecule has 0 radical (unpaired) electrons. The summed E-state index contributed by atoms with van der Waals surface area (Å²) in [6, 6.07) is 9.25. The minimum atomic E-state index is -0.582. The van der Waals surface area contributed by atoms with Crippen molar-refractivity contribution in [3.63, 3.8) is 0 Å². The second-order valence-corrected chi connectivity index (χ2v) is 4.00. The van der Waals surface area contributed by atoms with Gasteiger partial charge in [-0.2, -0.15) is 0 Å². The number of hydrogen-bond acceptors (Lipinski definition) is 3. The average molecular weight is 267 g/mol.